The lowest BCUT2D eigenvalue weighted by atomic mass is 9.86. The number of hydrogen-bond acceptors (Lipinski definition) is 5. The van der Waals surface area contributed by atoms with Gasteiger partial charge in [0.2, 0.25) is 5.91 Å². The van der Waals surface area contributed by atoms with Crippen LogP contribution < -0.4 is 10.6 Å². The first-order valence-electron chi connectivity index (χ1n) is 9.66. The largest absolute Gasteiger partial charge is 0.506 e. The Morgan fingerprint density at radius 3 is 2.67 bits per heavy atom. The number of benzene rings is 1. The molecule has 3 N–H and O–H groups in total. The first-order valence-corrected chi connectivity index (χ1v) is 10.0. The fourth-order valence-corrected chi connectivity index (χ4v) is 3.63. The second-order valence-electron chi connectivity index (χ2n) is 8.34. The van der Waals surface area contributed by atoms with E-state index in [1.54, 1.807) is 17.0 Å². The molecule has 8 heteroatoms. The molecule has 2 aromatic rings. The molecular weight excluding hydrogens is 406 g/mol. The van der Waals surface area contributed by atoms with Gasteiger partial charge in [-0.25, -0.2) is 0 Å². The monoisotopic (exact) mass is 431 g/mol. The maximum atomic E-state index is 12.3. The van der Waals surface area contributed by atoms with Crippen LogP contribution in [0.2, 0.25) is 5.02 Å². The summed E-state index contributed by atoms with van der Waals surface area (Å²) in [5.74, 6) is 0.300. The quantitative estimate of drug-likeness (QED) is 0.479. The molecular formula is C22H26ClN3O4. The minimum absolute atomic E-state index is 0.0427. The number of halogens is 1. The van der Waals surface area contributed by atoms with Crippen LogP contribution in [0.5, 0.6) is 5.75 Å². The lowest BCUT2D eigenvalue weighted by Gasteiger charge is -2.38. The first kappa shape index (κ1) is 21.8. The lowest BCUT2D eigenvalue weighted by molar-refractivity contribution is -0.130. The number of phenols is 1. The Morgan fingerprint density at radius 1 is 1.33 bits per heavy atom. The molecule has 1 aromatic carbocycles. The molecule has 0 saturated carbocycles. The third-order valence-electron chi connectivity index (χ3n) is 4.93. The number of carbonyl (C=O) groups excluding carboxylic acids is 2. The summed E-state index contributed by atoms with van der Waals surface area (Å²) >= 11 is 6.26. The zero-order chi connectivity index (χ0) is 22.1. The number of amides is 2. The van der Waals surface area contributed by atoms with Gasteiger partial charge in [-0.05, 0) is 35.3 Å². The minimum atomic E-state index is -0.332. The Hall–Kier alpha value is -2.93. The Balaban J connectivity index is 1.58. The van der Waals surface area contributed by atoms with Crippen molar-refractivity contribution in [2.75, 3.05) is 18.4 Å². The number of aromatic hydroxyl groups is 1. The van der Waals surface area contributed by atoms with E-state index in [2.05, 4.69) is 17.2 Å². The van der Waals surface area contributed by atoms with Gasteiger partial charge in [-0.3, -0.25) is 9.59 Å². The van der Waals surface area contributed by atoms with Crippen LogP contribution in [0.3, 0.4) is 0 Å². The normalized spacial score (nSPS) is 14.2. The average molecular weight is 432 g/mol. The molecule has 0 bridgehead atoms. The molecule has 2 heterocycles. The van der Waals surface area contributed by atoms with Crippen molar-refractivity contribution in [1.29, 1.82) is 0 Å². The molecule has 3 rings (SSSR count). The van der Waals surface area contributed by atoms with E-state index in [9.17, 15) is 14.7 Å². The van der Waals surface area contributed by atoms with Crippen molar-refractivity contribution in [3.63, 3.8) is 0 Å². The number of hydrogen-bond donors (Lipinski definition) is 3. The van der Waals surface area contributed by atoms with E-state index in [0.29, 0.717) is 29.6 Å². The summed E-state index contributed by atoms with van der Waals surface area (Å²) in [6.07, 6.45) is 1.26. The fraction of sp³-hybridized carbons (Fsp3) is 0.364. The molecule has 160 valence electrons. The lowest BCUT2D eigenvalue weighted by Crippen LogP contribution is -2.60. The van der Waals surface area contributed by atoms with Crippen LogP contribution in [0.4, 0.5) is 5.69 Å². The summed E-state index contributed by atoms with van der Waals surface area (Å²) in [7, 11) is 0. The van der Waals surface area contributed by atoms with Crippen LogP contribution in [-0.2, 0) is 16.8 Å². The maximum absolute atomic E-state index is 12.3. The van der Waals surface area contributed by atoms with E-state index >= 15 is 0 Å². The molecule has 0 radical (unpaired) electrons. The molecule has 1 aliphatic heterocycles. The highest BCUT2D eigenvalue weighted by Crippen LogP contribution is 2.37. The van der Waals surface area contributed by atoms with Crippen LogP contribution in [0.1, 0.15) is 42.6 Å². The SMILES string of the molecule is C=CC(=O)N1CC(NC(=O)c2ccc(CNc3cc(C(C)(C)C)c(Cl)cc3O)o2)C1. The van der Waals surface area contributed by atoms with Gasteiger partial charge < -0.3 is 25.1 Å². The van der Waals surface area contributed by atoms with Gasteiger partial charge in [-0.15, -0.1) is 0 Å². The molecule has 2 amide bonds. The molecule has 0 spiro atoms. The first-order chi connectivity index (χ1) is 14.1. The summed E-state index contributed by atoms with van der Waals surface area (Å²) in [4.78, 5) is 25.4. The van der Waals surface area contributed by atoms with Gasteiger partial charge in [0.05, 0.1) is 18.3 Å². The molecule has 1 saturated heterocycles. The van der Waals surface area contributed by atoms with Gasteiger partial charge in [0, 0.05) is 24.2 Å². The van der Waals surface area contributed by atoms with Crippen LogP contribution in [-0.4, -0.2) is 41.0 Å². The highest BCUT2D eigenvalue weighted by molar-refractivity contribution is 6.31. The zero-order valence-corrected chi connectivity index (χ0v) is 18.0. The van der Waals surface area contributed by atoms with Gasteiger partial charge in [0.1, 0.15) is 11.5 Å². The number of phenolic OH excluding ortho intramolecular Hbond substituents is 1. The molecule has 0 aliphatic carbocycles. The number of furan rings is 1. The van der Waals surface area contributed by atoms with Crippen LogP contribution in [0.25, 0.3) is 0 Å². The zero-order valence-electron chi connectivity index (χ0n) is 17.3. The van der Waals surface area contributed by atoms with Crippen molar-refractivity contribution >= 4 is 29.1 Å². The number of rotatable bonds is 6. The molecule has 7 nitrogen and oxygen atoms in total. The van der Waals surface area contributed by atoms with E-state index < -0.39 is 0 Å². The van der Waals surface area contributed by atoms with Crippen molar-refractivity contribution in [2.24, 2.45) is 0 Å². The van der Waals surface area contributed by atoms with Crippen molar-refractivity contribution < 1.29 is 19.1 Å². The van der Waals surface area contributed by atoms with Gasteiger partial charge >= 0.3 is 0 Å². The number of carbonyl (C=O) groups is 2. The van der Waals surface area contributed by atoms with Crippen molar-refractivity contribution in [2.45, 2.75) is 38.8 Å². The smallest absolute Gasteiger partial charge is 0.287 e. The topological polar surface area (TPSA) is 94.8 Å². The van der Waals surface area contributed by atoms with Crippen molar-refractivity contribution in [3.05, 3.63) is 59.0 Å². The van der Waals surface area contributed by atoms with Gasteiger partial charge in [0.15, 0.2) is 5.76 Å². The summed E-state index contributed by atoms with van der Waals surface area (Å²) < 4.78 is 5.61. The molecule has 1 aliphatic rings. The third-order valence-corrected chi connectivity index (χ3v) is 5.25. The Bertz CT molecular complexity index is 971. The number of likely N-dealkylation sites (tertiary alicyclic amines) is 1. The summed E-state index contributed by atoms with van der Waals surface area (Å²) in [5, 5.41) is 16.6. The molecule has 30 heavy (non-hydrogen) atoms. The standard InChI is InChI=1S/C22H26ClN3O4/c1-5-20(28)26-11-13(12-26)25-21(29)19-7-6-14(30-19)10-24-17-8-15(22(2,3)4)16(23)9-18(17)27/h5-9,13,24,27H,1,10-12H2,2-4H3,(H,25,29). The van der Waals surface area contributed by atoms with E-state index in [4.69, 9.17) is 16.0 Å². The predicted molar refractivity (Wildman–Crippen MR) is 116 cm³/mol. The highest BCUT2D eigenvalue weighted by atomic mass is 35.5. The summed E-state index contributed by atoms with van der Waals surface area (Å²) in [5.41, 5.74) is 1.27. The average Bonchev–Trinajstić information content (AvgIpc) is 3.11. The molecule has 0 atom stereocenters. The summed E-state index contributed by atoms with van der Waals surface area (Å²) in [6.45, 7) is 10.8. The van der Waals surface area contributed by atoms with E-state index in [1.807, 2.05) is 26.8 Å². The minimum Gasteiger partial charge on any atom is -0.506 e. The molecule has 1 aromatic heterocycles. The van der Waals surface area contributed by atoms with Gasteiger partial charge in [-0.2, -0.15) is 0 Å². The number of nitrogens with zero attached hydrogens (tertiary/aromatic N) is 1. The van der Waals surface area contributed by atoms with Crippen molar-refractivity contribution in [3.8, 4) is 5.75 Å². The summed E-state index contributed by atoms with van der Waals surface area (Å²) in [6, 6.07) is 6.54. The molecule has 0 unspecified atom stereocenters. The van der Waals surface area contributed by atoms with Crippen LogP contribution in [0, 0.1) is 0 Å². The fourth-order valence-electron chi connectivity index (χ4n) is 3.19. The van der Waals surface area contributed by atoms with Gasteiger partial charge in [0.25, 0.3) is 5.91 Å². The Kier molecular flexibility index (Phi) is 6.12. The van der Waals surface area contributed by atoms with Crippen LogP contribution in [0.15, 0.2) is 41.3 Å². The second kappa shape index (κ2) is 8.44. The van der Waals surface area contributed by atoms with E-state index in [0.717, 1.165) is 5.56 Å². The maximum Gasteiger partial charge on any atom is 0.287 e. The molecule has 1 fully saturated rings. The van der Waals surface area contributed by atoms with Crippen molar-refractivity contribution in [1.82, 2.24) is 10.2 Å². The third kappa shape index (κ3) is 4.79. The Morgan fingerprint density at radius 2 is 2.03 bits per heavy atom. The van der Waals surface area contributed by atoms with E-state index in [-0.39, 0.29) is 41.3 Å². The highest BCUT2D eigenvalue weighted by Gasteiger charge is 2.31. The number of anilines is 1. The Labute approximate surface area is 180 Å². The second-order valence-corrected chi connectivity index (χ2v) is 8.74. The predicted octanol–water partition coefficient (Wildman–Crippen LogP) is 3.67. The van der Waals surface area contributed by atoms with Crippen LogP contribution >= 0.6 is 11.6 Å². The number of nitrogens with one attached hydrogen (secondary N) is 2. The van der Waals surface area contributed by atoms with Gasteiger partial charge in [-0.1, -0.05) is 39.0 Å². The van der Waals surface area contributed by atoms with E-state index in [1.165, 1.54) is 12.1 Å².